The summed E-state index contributed by atoms with van der Waals surface area (Å²) in [4.78, 5) is 2.53. The summed E-state index contributed by atoms with van der Waals surface area (Å²) < 4.78 is 13.9. The Labute approximate surface area is 123 Å². The van der Waals surface area contributed by atoms with Crippen molar-refractivity contribution in [2.75, 3.05) is 19.6 Å². The molecule has 19 heavy (non-hydrogen) atoms. The van der Waals surface area contributed by atoms with Gasteiger partial charge in [0.25, 0.3) is 0 Å². The van der Waals surface area contributed by atoms with E-state index < -0.39 is 0 Å². The molecule has 1 N–H and O–H groups in total. The number of rotatable bonds is 7. The predicted octanol–water partition coefficient (Wildman–Crippen LogP) is 3.72. The third-order valence-electron chi connectivity index (χ3n) is 3.75. The second kappa shape index (κ2) is 6.82. The maximum atomic E-state index is 13.1. The SMILES string of the molecule is CCN(CCNC(C)c1ccc(F)cc1Br)C1CC1. The molecular formula is C15H22BrFN2. The summed E-state index contributed by atoms with van der Waals surface area (Å²) in [5.41, 5.74) is 1.11. The maximum absolute atomic E-state index is 13.1. The highest BCUT2D eigenvalue weighted by atomic mass is 79.9. The van der Waals surface area contributed by atoms with Crippen LogP contribution in [0.25, 0.3) is 0 Å². The highest BCUT2D eigenvalue weighted by molar-refractivity contribution is 9.10. The lowest BCUT2D eigenvalue weighted by molar-refractivity contribution is 0.273. The lowest BCUT2D eigenvalue weighted by Gasteiger charge is -2.22. The van der Waals surface area contributed by atoms with E-state index in [1.54, 1.807) is 0 Å². The monoisotopic (exact) mass is 328 g/mol. The fourth-order valence-electron chi connectivity index (χ4n) is 2.43. The minimum absolute atomic E-state index is 0.200. The van der Waals surface area contributed by atoms with Crippen LogP contribution in [0, 0.1) is 5.82 Å². The summed E-state index contributed by atoms with van der Waals surface area (Å²) in [6.07, 6.45) is 2.71. The van der Waals surface area contributed by atoms with Crippen molar-refractivity contribution < 1.29 is 4.39 Å². The Hall–Kier alpha value is -0.450. The van der Waals surface area contributed by atoms with Gasteiger partial charge in [-0.15, -0.1) is 0 Å². The lowest BCUT2D eigenvalue weighted by Crippen LogP contribution is -2.34. The minimum Gasteiger partial charge on any atom is -0.309 e. The summed E-state index contributed by atoms with van der Waals surface area (Å²) in [5, 5.41) is 3.51. The second-order valence-electron chi connectivity index (χ2n) is 5.20. The molecule has 1 atom stereocenters. The van der Waals surface area contributed by atoms with Gasteiger partial charge in [0.05, 0.1) is 0 Å². The molecular weight excluding hydrogens is 307 g/mol. The fraction of sp³-hybridized carbons (Fsp3) is 0.600. The van der Waals surface area contributed by atoms with Crippen LogP contribution in [0.3, 0.4) is 0 Å². The second-order valence-corrected chi connectivity index (χ2v) is 6.06. The van der Waals surface area contributed by atoms with Crippen molar-refractivity contribution in [3.8, 4) is 0 Å². The quantitative estimate of drug-likeness (QED) is 0.820. The molecule has 1 aliphatic carbocycles. The first-order valence-electron chi connectivity index (χ1n) is 7.04. The first-order chi connectivity index (χ1) is 9.11. The Balaban J connectivity index is 1.81. The third kappa shape index (κ3) is 4.26. The molecule has 0 bridgehead atoms. The van der Waals surface area contributed by atoms with E-state index in [9.17, 15) is 4.39 Å². The van der Waals surface area contributed by atoms with Crippen molar-refractivity contribution in [3.63, 3.8) is 0 Å². The van der Waals surface area contributed by atoms with Crippen LogP contribution in [-0.4, -0.2) is 30.6 Å². The van der Waals surface area contributed by atoms with E-state index >= 15 is 0 Å². The molecule has 1 fully saturated rings. The lowest BCUT2D eigenvalue weighted by atomic mass is 10.1. The first kappa shape index (κ1) is 14.9. The van der Waals surface area contributed by atoms with E-state index in [-0.39, 0.29) is 11.9 Å². The van der Waals surface area contributed by atoms with E-state index in [0.717, 1.165) is 35.7 Å². The smallest absolute Gasteiger partial charge is 0.124 e. The summed E-state index contributed by atoms with van der Waals surface area (Å²) in [7, 11) is 0. The van der Waals surface area contributed by atoms with E-state index in [0.29, 0.717) is 0 Å². The van der Waals surface area contributed by atoms with E-state index in [2.05, 4.69) is 40.0 Å². The van der Waals surface area contributed by atoms with Gasteiger partial charge in [-0.3, -0.25) is 4.90 Å². The Morgan fingerprint density at radius 3 is 2.79 bits per heavy atom. The molecule has 0 radical (unpaired) electrons. The summed E-state index contributed by atoms with van der Waals surface area (Å²) in [6.45, 7) is 7.52. The highest BCUT2D eigenvalue weighted by Crippen LogP contribution is 2.26. The number of hydrogen-bond donors (Lipinski definition) is 1. The van der Waals surface area contributed by atoms with Crippen molar-refractivity contribution in [2.45, 2.75) is 38.8 Å². The van der Waals surface area contributed by atoms with Gasteiger partial charge in [0.15, 0.2) is 0 Å². The number of nitrogens with one attached hydrogen (secondary N) is 1. The molecule has 106 valence electrons. The maximum Gasteiger partial charge on any atom is 0.124 e. The van der Waals surface area contributed by atoms with Gasteiger partial charge in [0.1, 0.15) is 5.82 Å². The third-order valence-corrected chi connectivity index (χ3v) is 4.43. The van der Waals surface area contributed by atoms with E-state index in [1.807, 2.05) is 6.07 Å². The Bertz CT molecular complexity index is 421. The molecule has 4 heteroatoms. The van der Waals surface area contributed by atoms with Crippen LogP contribution in [0.15, 0.2) is 22.7 Å². The van der Waals surface area contributed by atoms with Crippen LogP contribution >= 0.6 is 15.9 Å². The molecule has 2 rings (SSSR count). The van der Waals surface area contributed by atoms with E-state index in [4.69, 9.17) is 0 Å². The molecule has 0 aromatic heterocycles. The molecule has 1 aromatic carbocycles. The number of benzene rings is 1. The van der Waals surface area contributed by atoms with Crippen LogP contribution in [0.4, 0.5) is 4.39 Å². The van der Waals surface area contributed by atoms with Gasteiger partial charge >= 0.3 is 0 Å². The van der Waals surface area contributed by atoms with Crippen molar-refractivity contribution in [2.24, 2.45) is 0 Å². The number of likely N-dealkylation sites (N-methyl/N-ethyl adjacent to an activating group) is 1. The van der Waals surface area contributed by atoms with Crippen molar-refractivity contribution >= 4 is 15.9 Å². The van der Waals surface area contributed by atoms with E-state index in [1.165, 1.54) is 25.0 Å². The summed E-state index contributed by atoms with van der Waals surface area (Å²) in [6, 6.07) is 5.93. The van der Waals surface area contributed by atoms with Gasteiger partial charge < -0.3 is 5.32 Å². The Morgan fingerprint density at radius 1 is 1.47 bits per heavy atom. The number of halogens is 2. The van der Waals surface area contributed by atoms with Crippen molar-refractivity contribution in [1.82, 2.24) is 10.2 Å². The molecule has 0 heterocycles. The highest BCUT2D eigenvalue weighted by Gasteiger charge is 2.27. The van der Waals surface area contributed by atoms with Gasteiger partial charge in [-0.1, -0.05) is 28.9 Å². The average molecular weight is 329 g/mol. The van der Waals surface area contributed by atoms with Crippen LogP contribution in [-0.2, 0) is 0 Å². The van der Waals surface area contributed by atoms with Crippen LogP contribution in [0.1, 0.15) is 38.3 Å². The van der Waals surface area contributed by atoms with Crippen LogP contribution in [0.5, 0.6) is 0 Å². The van der Waals surface area contributed by atoms with Gasteiger partial charge in [-0.05, 0) is 44.0 Å². The molecule has 1 unspecified atom stereocenters. The first-order valence-corrected chi connectivity index (χ1v) is 7.83. The summed E-state index contributed by atoms with van der Waals surface area (Å²) >= 11 is 3.43. The zero-order chi connectivity index (χ0) is 13.8. The zero-order valence-corrected chi connectivity index (χ0v) is 13.2. The van der Waals surface area contributed by atoms with Gasteiger partial charge in [-0.2, -0.15) is 0 Å². The zero-order valence-electron chi connectivity index (χ0n) is 11.6. The average Bonchev–Trinajstić information content (AvgIpc) is 3.18. The van der Waals surface area contributed by atoms with Crippen molar-refractivity contribution in [3.05, 3.63) is 34.1 Å². The molecule has 0 spiro atoms. The predicted molar refractivity (Wildman–Crippen MR) is 80.8 cm³/mol. The standard InChI is InChI=1S/C15H22BrFN2/c1-3-19(13-5-6-13)9-8-18-11(2)14-7-4-12(17)10-15(14)16/h4,7,10-11,13,18H,3,5-6,8-9H2,1-2H3. The molecule has 1 aromatic rings. The Morgan fingerprint density at radius 2 is 2.21 bits per heavy atom. The largest absolute Gasteiger partial charge is 0.309 e. The summed E-state index contributed by atoms with van der Waals surface area (Å²) in [5.74, 6) is -0.200. The molecule has 1 aliphatic rings. The normalized spacial score (nSPS) is 16.9. The van der Waals surface area contributed by atoms with Crippen molar-refractivity contribution in [1.29, 1.82) is 0 Å². The number of nitrogens with zero attached hydrogens (tertiary/aromatic N) is 1. The van der Waals surface area contributed by atoms with Crippen LogP contribution in [0.2, 0.25) is 0 Å². The van der Waals surface area contributed by atoms with Gasteiger partial charge in [-0.25, -0.2) is 4.39 Å². The topological polar surface area (TPSA) is 15.3 Å². The Kier molecular flexibility index (Phi) is 5.37. The minimum atomic E-state index is -0.200. The fourth-order valence-corrected chi connectivity index (χ4v) is 3.12. The number of hydrogen-bond acceptors (Lipinski definition) is 2. The van der Waals surface area contributed by atoms with Gasteiger partial charge in [0, 0.05) is 29.6 Å². The molecule has 1 saturated carbocycles. The molecule has 0 aliphatic heterocycles. The van der Waals surface area contributed by atoms with Gasteiger partial charge in [0.2, 0.25) is 0 Å². The molecule has 0 saturated heterocycles. The molecule has 0 amide bonds. The molecule has 2 nitrogen and oxygen atoms in total. The van der Waals surface area contributed by atoms with Crippen LogP contribution < -0.4 is 5.32 Å².